The van der Waals surface area contributed by atoms with E-state index in [0.29, 0.717) is 28.3 Å². The van der Waals surface area contributed by atoms with Crippen LogP contribution in [0.1, 0.15) is 34.6 Å². The molecule has 1 aromatic heterocycles. The van der Waals surface area contributed by atoms with Gasteiger partial charge in [0.25, 0.3) is 0 Å². The van der Waals surface area contributed by atoms with Crippen molar-refractivity contribution >= 4 is 28.2 Å². The summed E-state index contributed by atoms with van der Waals surface area (Å²) in [6.07, 6.45) is 1.71. The molecule has 2 aromatic carbocycles. The molecule has 0 aliphatic rings. The van der Waals surface area contributed by atoms with Crippen molar-refractivity contribution in [3.63, 3.8) is 0 Å². The number of nitrogens with two attached hydrogens (primary N) is 1. The SMILES string of the molecule is COc1ccc(C(N)c2nccc3ccccc23)c(C(=O)C(C)Cl)c1OC. The van der Waals surface area contributed by atoms with E-state index in [9.17, 15) is 4.79 Å². The van der Waals surface area contributed by atoms with Gasteiger partial charge < -0.3 is 15.2 Å². The molecule has 0 spiro atoms. The van der Waals surface area contributed by atoms with Gasteiger partial charge in [-0.25, -0.2) is 0 Å². The zero-order valence-corrected chi connectivity index (χ0v) is 16.2. The maximum Gasteiger partial charge on any atom is 0.184 e. The van der Waals surface area contributed by atoms with Crippen molar-refractivity contribution in [1.29, 1.82) is 0 Å². The van der Waals surface area contributed by atoms with Crippen LogP contribution in [0.4, 0.5) is 0 Å². The molecular weight excluding hydrogens is 364 g/mol. The van der Waals surface area contributed by atoms with Crippen LogP contribution in [0, 0.1) is 0 Å². The van der Waals surface area contributed by atoms with E-state index >= 15 is 0 Å². The van der Waals surface area contributed by atoms with Crippen LogP contribution >= 0.6 is 11.6 Å². The molecule has 2 N–H and O–H groups in total. The highest BCUT2D eigenvalue weighted by Gasteiger charge is 2.28. The zero-order valence-electron chi connectivity index (χ0n) is 15.4. The van der Waals surface area contributed by atoms with E-state index in [0.717, 1.165) is 10.8 Å². The molecule has 0 saturated carbocycles. The Bertz CT molecular complexity index is 983. The molecule has 0 aliphatic carbocycles. The topological polar surface area (TPSA) is 74.4 Å². The van der Waals surface area contributed by atoms with Gasteiger partial charge in [-0.2, -0.15) is 0 Å². The van der Waals surface area contributed by atoms with Gasteiger partial charge in [-0.1, -0.05) is 30.3 Å². The Hall–Kier alpha value is -2.63. The van der Waals surface area contributed by atoms with Gasteiger partial charge in [-0.05, 0) is 30.0 Å². The average Bonchev–Trinajstić information content (AvgIpc) is 2.70. The van der Waals surface area contributed by atoms with E-state index in [1.165, 1.54) is 14.2 Å². The molecule has 3 aromatic rings. The summed E-state index contributed by atoms with van der Waals surface area (Å²) in [5.74, 6) is 0.487. The normalized spacial score (nSPS) is 13.2. The van der Waals surface area contributed by atoms with Crippen LogP contribution in [0.2, 0.25) is 0 Å². The number of ether oxygens (including phenoxy) is 2. The maximum atomic E-state index is 12.9. The van der Waals surface area contributed by atoms with E-state index in [1.54, 1.807) is 25.3 Å². The molecule has 3 rings (SSSR count). The number of halogens is 1. The number of pyridine rings is 1. The van der Waals surface area contributed by atoms with Gasteiger partial charge in [0.15, 0.2) is 17.3 Å². The number of nitrogens with zero attached hydrogens (tertiary/aromatic N) is 1. The standard InChI is InChI=1S/C21H21ClN2O3/c1-12(22)20(25)17-15(8-9-16(26-2)21(17)27-3)18(23)19-14-7-5-4-6-13(14)10-11-24-19/h4-12,18H,23H2,1-3H3. The molecule has 27 heavy (non-hydrogen) atoms. The predicted octanol–water partition coefficient (Wildman–Crippen LogP) is 4.11. The largest absolute Gasteiger partial charge is 0.493 e. The first-order chi connectivity index (χ1) is 13.0. The number of benzene rings is 2. The van der Waals surface area contributed by atoms with E-state index < -0.39 is 11.4 Å². The van der Waals surface area contributed by atoms with Crippen molar-refractivity contribution in [3.8, 4) is 11.5 Å². The second-order valence-corrected chi connectivity index (χ2v) is 6.80. The summed E-state index contributed by atoms with van der Waals surface area (Å²) in [5.41, 5.74) is 8.17. The number of Topliss-reactive ketones (excluding diaryl/α,β-unsaturated/α-hetero) is 1. The van der Waals surface area contributed by atoms with Crippen LogP contribution in [0.15, 0.2) is 48.7 Å². The summed E-state index contributed by atoms with van der Waals surface area (Å²) in [7, 11) is 3.00. The molecule has 6 heteroatoms. The van der Waals surface area contributed by atoms with Gasteiger partial charge in [0.1, 0.15) is 0 Å². The van der Waals surface area contributed by atoms with Crippen LogP contribution in [0.5, 0.6) is 11.5 Å². The minimum atomic E-state index is -0.738. The molecule has 0 bridgehead atoms. The summed E-state index contributed by atoms with van der Waals surface area (Å²) >= 11 is 6.10. The number of hydrogen-bond donors (Lipinski definition) is 1. The van der Waals surface area contributed by atoms with E-state index in [-0.39, 0.29) is 5.78 Å². The Morgan fingerprint density at radius 2 is 1.85 bits per heavy atom. The van der Waals surface area contributed by atoms with Crippen molar-refractivity contribution in [2.75, 3.05) is 14.2 Å². The van der Waals surface area contributed by atoms with Gasteiger partial charge in [0.05, 0.1) is 36.9 Å². The minimum absolute atomic E-state index is 0.280. The lowest BCUT2D eigenvalue weighted by Crippen LogP contribution is -2.21. The molecule has 0 fully saturated rings. The van der Waals surface area contributed by atoms with Crippen molar-refractivity contribution in [3.05, 3.63) is 65.5 Å². The lowest BCUT2D eigenvalue weighted by Gasteiger charge is -2.21. The van der Waals surface area contributed by atoms with E-state index in [1.807, 2.05) is 30.3 Å². The third-order valence-corrected chi connectivity index (χ3v) is 4.72. The van der Waals surface area contributed by atoms with Crippen LogP contribution in [0.25, 0.3) is 10.8 Å². The number of alkyl halides is 1. The summed E-state index contributed by atoms with van der Waals surface area (Å²) < 4.78 is 10.8. The molecule has 0 radical (unpaired) electrons. The smallest absolute Gasteiger partial charge is 0.184 e. The van der Waals surface area contributed by atoms with Gasteiger partial charge in [0, 0.05) is 11.6 Å². The number of aromatic nitrogens is 1. The Labute approximate surface area is 163 Å². The van der Waals surface area contributed by atoms with E-state index in [4.69, 9.17) is 26.8 Å². The first-order valence-electron chi connectivity index (χ1n) is 8.52. The number of carbonyl (C=O) groups excluding carboxylic acids is 1. The summed E-state index contributed by atoms with van der Waals surface area (Å²) in [6.45, 7) is 1.62. The molecule has 1 heterocycles. The lowest BCUT2D eigenvalue weighted by molar-refractivity contribution is 0.0987. The minimum Gasteiger partial charge on any atom is -0.493 e. The molecular formula is C21H21ClN2O3. The van der Waals surface area contributed by atoms with Gasteiger partial charge >= 0.3 is 0 Å². The van der Waals surface area contributed by atoms with Gasteiger partial charge in [-0.15, -0.1) is 11.6 Å². The second-order valence-electron chi connectivity index (χ2n) is 6.14. The number of carbonyl (C=O) groups is 1. The van der Waals surface area contributed by atoms with Crippen molar-refractivity contribution in [2.24, 2.45) is 5.73 Å². The van der Waals surface area contributed by atoms with Crippen LogP contribution in [-0.2, 0) is 0 Å². The quantitative estimate of drug-likeness (QED) is 0.511. The molecule has 2 unspecified atom stereocenters. The third-order valence-electron chi connectivity index (χ3n) is 4.52. The van der Waals surface area contributed by atoms with E-state index in [2.05, 4.69) is 4.98 Å². The first kappa shape index (κ1) is 19.1. The molecule has 0 aliphatic heterocycles. The number of ketones is 1. The monoisotopic (exact) mass is 384 g/mol. The molecule has 140 valence electrons. The average molecular weight is 385 g/mol. The predicted molar refractivity (Wildman–Crippen MR) is 107 cm³/mol. The molecule has 0 saturated heterocycles. The maximum absolute atomic E-state index is 12.9. The van der Waals surface area contributed by atoms with Crippen molar-refractivity contribution in [1.82, 2.24) is 4.98 Å². The zero-order chi connectivity index (χ0) is 19.6. The Balaban J connectivity index is 2.25. The molecule has 2 atom stereocenters. The number of methoxy groups -OCH3 is 2. The molecule has 0 amide bonds. The Kier molecular flexibility index (Phi) is 5.63. The number of rotatable bonds is 6. The summed E-state index contributed by atoms with van der Waals surface area (Å²) in [5, 5.41) is 1.22. The highest BCUT2D eigenvalue weighted by atomic mass is 35.5. The van der Waals surface area contributed by atoms with Gasteiger partial charge in [-0.3, -0.25) is 9.78 Å². The number of fused-ring (bicyclic) bond motifs is 1. The summed E-state index contributed by atoms with van der Waals surface area (Å²) in [6, 6.07) is 12.6. The van der Waals surface area contributed by atoms with Crippen molar-refractivity contribution < 1.29 is 14.3 Å². The first-order valence-corrected chi connectivity index (χ1v) is 8.95. The fraction of sp³-hybridized carbons (Fsp3) is 0.238. The fourth-order valence-corrected chi connectivity index (χ4v) is 3.30. The second kappa shape index (κ2) is 7.94. The van der Waals surface area contributed by atoms with Gasteiger partial charge in [0.2, 0.25) is 0 Å². The van der Waals surface area contributed by atoms with Crippen LogP contribution in [-0.4, -0.2) is 30.4 Å². The highest BCUT2D eigenvalue weighted by molar-refractivity contribution is 6.34. The number of hydrogen-bond acceptors (Lipinski definition) is 5. The lowest BCUT2D eigenvalue weighted by atomic mass is 9.91. The summed E-state index contributed by atoms with van der Waals surface area (Å²) in [4.78, 5) is 17.4. The third kappa shape index (κ3) is 3.48. The van der Waals surface area contributed by atoms with Crippen molar-refractivity contribution in [2.45, 2.75) is 18.3 Å². The van der Waals surface area contributed by atoms with Crippen LogP contribution < -0.4 is 15.2 Å². The van der Waals surface area contributed by atoms with Crippen LogP contribution in [0.3, 0.4) is 0 Å². The fourth-order valence-electron chi connectivity index (χ4n) is 3.19. The highest BCUT2D eigenvalue weighted by Crippen LogP contribution is 2.38. The Morgan fingerprint density at radius 1 is 1.11 bits per heavy atom. The molecule has 5 nitrogen and oxygen atoms in total. The Morgan fingerprint density at radius 3 is 2.52 bits per heavy atom.